The van der Waals surface area contributed by atoms with Crippen LogP contribution in [0.25, 0.3) is 0 Å². The van der Waals surface area contributed by atoms with Gasteiger partial charge in [0, 0.05) is 48.8 Å². The van der Waals surface area contributed by atoms with E-state index in [4.69, 9.17) is 9.47 Å². The first kappa shape index (κ1) is 17.1. The molecule has 3 heterocycles. The number of piperidine rings is 1. The van der Waals surface area contributed by atoms with Crippen LogP contribution in [0.2, 0.25) is 0 Å². The van der Waals surface area contributed by atoms with Gasteiger partial charge in [-0.05, 0) is 37.1 Å². The van der Waals surface area contributed by atoms with Crippen LogP contribution < -0.4 is 20.1 Å². The van der Waals surface area contributed by atoms with Crippen molar-refractivity contribution in [3.63, 3.8) is 0 Å². The Kier molecular flexibility index (Phi) is 4.78. The number of ether oxygens (including phenoxy) is 2. The number of aromatic nitrogens is 1. The number of benzene rings is 1. The third-order valence-electron chi connectivity index (χ3n) is 4.68. The Labute approximate surface area is 156 Å². The van der Waals surface area contributed by atoms with Gasteiger partial charge in [0.05, 0.1) is 0 Å². The maximum Gasteiger partial charge on any atom is 0.319 e. The third-order valence-corrected chi connectivity index (χ3v) is 4.68. The first-order chi connectivity index (χ1) is 13.2. The van der Waals surface area contributed by atoms with Crippen molar-refractivity contribution in [3.05, 3.63) is 48.3 Å². The molecule has 1 aromatic carbocycles. The van der Waals surface area contributed by atoms with Crippen LogP contribution in [-0.2, 0) is 0 Å². The van der Waals surface area contributed by atoms with Crippen molar-refractivity contribution in [1.29, 1.82) is 0 Å². The summed E-state index contributed by atoms with van der Waals surface area (Å²) < 4.78 is 10.6. The fraction of sp³-hybridized carbons (Fsp3) is 0.316. The summed E-state index contributed by atoms with van der Waals surface area (Å²) in [4.78, 5) is 30.4. The van der Waals surface area contributed by atoms with Gasteiger partial charge in [-0.3, -0.25) is 9.78 Å². The molecule has 1 fully saturated rings. The fourth-order valence-corrected chi connectivity index (χ4v) is 3.23. The molecule has 4 rings (SSSR count). The minimum Gasteiger partial charge on any atom is -0.454 e. The third kappa shape index (κ3) is 3.94. The topological polar surface area (TPSA) is 92.8 Å². The van der Waals surface area contributed by atoms with Gasteiger partial charge in [-0.2, -0.15) is 0 Å². The Morgan fingerprint density at radius 1 is 1.04 bits per heavy atom. The van der Waals surface area contributed by atoms with E-state index < -0.39 is 0 Å². The lowest BCUT2D eigenvalue weighted by Crippen LogP contribution is -2.47. The summed E-state index contributed by atoms with van der Waals surface area (Å²) in [5, 5.41) is 5.77. The molecule has 8 heteroatoms. The Bertz CT molecular complexity index is 835. The predicted molar refractivity (Wildman–Crippen MR) is 97.9 cm³/mol. The number of nitrogens with one attached hydrogen (secondary N) is 2. The Hall–Kier alpha value is -3.29. The largest absolute Gasteiger partial charge is 0.454 e. The number of likely N-dealkylation sites (tertiary alicyclic amines) is 1. The first-order valence-corrected chi connectivity index (χ1v) is 8.85. The molecule has 3 amide bonds. The van der Waals surface area contributed by atoms with Gasteiger partial charge in [0.25, 0.3) is 5.91 Å². The van der Waals surface area contributed by atoms with Gasteiger partial charge in [-0.1, -0.05) is 0 Å². The molecule has 1 saturated heterocycles. The van der Waals surface area contributed by atoms with Crippen LogP contribution >= 0.6 is 0 Å². The van der Waals surface area contributed by atoms with Crippen LogP contribution in [0, 0.1) is 0 Å². The number of carbonyl (C=O) groups is 2. The summed E-state index contributed by atoms with van der Waals surface area (Å²) in [6, 6.07) is 8.45. The highest BCUT2D eigenvalue weighted by molar-refractivity contribution is 5.94. The molecule has 0 spiro atoms. The second-order valence-electron chi connectivity index (χ2n) is 6.47. The van der Waals surface area contributed by atoms with Crippen molar-refractivity contribution in [2.24, 2.45) is 0 Å². The van der Waals surface area contributed by atoms with E-state index in [1.165, 1.54) is 0 Å². The van der Waals surface area contributed by atoms with Gasteiger partial charge in [-0.15, -0.1) is 0 Å². The molecule has 2 aliphatic heterocycles. The molecule has 0 saturated carbocycles. The maximum absolute atomic E-state index is 12.4. The molecule has 27 heavy (non-hydrogen) atoms. The number of carbonyl (C=O) groups excluding carboxylic acids is 2. The molecule has 8 nitrogen and oxygen atoms in total. The van der Waals surface area contributed by atoms with Crippen LogP contribution in [-0.4, -0.2) is 47.7 Å². The summed E-state index contributed by atoms with van der Waals surface area (Å²) in [7, 11) is 0. The summed E-state index contributed by atoms with van der Waals surface area (Å²) >= 11 is 0. The van der Waals surface area contributed by atoms with Crippen molar-refractivity contribution >= 4 is 17.6 Å². The quantitative estimate of drug-likeness (QED) is 0.867. The first-order valence-electron chi connectivity index (χ1n) is 8.85. The molecular formula is C19H20N4O4. The Balaban J connectivity index is 1.26. The normalized spacial score (nSPS) is 16.1. The maximum atomic E-state index is 12.4. The van der Waals surface area contributed by atoms with Gasteiger partial charge in [0.1, 0.15) is 0 Å². The van der Waals surface area contributed by atoms with E-state index in [-0.39, 0.29) is 24.8 Å². The number of hydrogen-bond acceptors (Lipinski definition) is 5. The van der Waals surface area contributed by atoms with Crippen LogP contribution in [0.5, 0.6) is 11.5 Å². The van der Waals surface area contributed by atoms with Gasteiger partial charge in [0.2, 0.25) is 6.79 Å². The van der Waals surface area contributed by atoms with E-state index in [0.29, 0.717) is 48.7 Å². The van der Waals surface area contributed by atoms with Crippen molar-refractivity contribution in [2.45, 2.75) is 18.9 Å². The van der Waals surface area contributed by atoms with Crippen molar-refractivity contribution in [1.82, 2.24) is 15.2 Å². The minimum absolute atomic E-state index is 0.000612. The van der Waals surface area contributed by atoms with Crippen LogP contribution in [0.15, 0.2) is 42.7 Å². The summed E-state index contributed by atoms with van der Waals surface area (Å²) in [5.74, 6) is 1.29. The number of anilines is 1. The lowest BCUT2D eigenvalue weighted by Gasteiger charge is -2.32. The van der Waals surface area contributed by atoms with Crippen molar-refractivity contribution in [2.75, 3.05) is 25.2 Å². The second-order valence-corrected chi connectivity index (χ2v) is 6.47. The zero-order valence-corrected chi connectivity index (χ0v) is 14.7. The predicted octanol–water partition coefficient (Wildman–Crippen LogP) is 2.24. The Morgan fingerprint density at radius 2 is 1.78 bits per heavy atom. The molecular weight excluding hydrogens is 348 g/mol. The minimum atomic E-state index is -0.271. The highest BCUT2D eigenvalue weighted by atomic mass is 16.7. The summed E-state index contributed by atoms with van der Waals surface area (Å²) in [6.45, 7) is 1.41. The van der Waals surface area contributed by atoms with E-state index in [9.17, 15) is 9.59 Å². The van der Waals surface area contributed by atoms with E-state index >= 15 is 0 Å². The lowest BCUT2D eigenvalue weighted by molar-refractivity contribution is 0.0708. The molecule has 0 bridgehead atoms. The number of nitrogens with zero attached hydrogens (tertiary/aromatic N) is 2. The van der Waals surface area contributed by atoms with Gasteiger partial charge in [-0.25, -0.2) is 4.79 Å². The smallest absolute Gasteiger partial charge is 0.319 e. The monoisotopic (exact) mass is 368 g/mol. The number of fused-ring (bicyclic) bond motifs is 1. The molecule has 0 radical (unpaired) electrons. The van der Waals surface area contributed by atoms with Crippen molar-refractivity contribution in [3.8, 4) is 11.5 Å². The van der Waals surface area contributed by atoms with Crippen molar-refractivity contribution < 1.29 is 19.1 Å². The van der Waals surface area contributed by atoms with Crippen LogP contribution in [0.1, 0.15) is 23.2 Å². The molecule has 0 aliphatic carbocycles. The molecule has 2 aliphatic rings. The number of hydrogen-bond donors (Lipinski definition) is 2. The average Bonchev–Trinajstić information content (AvgIpc) is 3.16. The van der Waals surface area contributed by atoms with E-state index in [1.54, 1.807) is 42.7 Å². The molecule has 1 aromatic heterocycles. The number of amides is 3. The zero-order chi connectivity index (χ0) is 18.6. The van der Waals surface area contributed by atoms with E-state index in [1.807, 2.05) is 4.90 Å². The average molecular weight is 368 g/mol. The van der Waals surface area contributed by atoms with E-state index in [2.05, 4.69) is 15.6 Å². The lowest BCUT2D eigenvalue weighted by atomic mass is 10.0. The van der Waals surface area contributed by atoms with Crippen LogP contribution in [0.3, 0.4) is 0 Å². The van der Waals surface area contributed by atoms with E-state index in [0.717, 1.165) is 0 Å². The second kappa shape index (κ2) is 7.53. The SMILES string of the molecule is O=C(Nc1ccc2c(c1)OCO2)NC1CCN(C(=O)c2ccncc2)CC1. The highest BCUT2D eigenvalue weighted by Gasteiger charge is 2.24. The number of urea groups is 1. The molecule has 2 aromatic rings. The molecule has 2 N–H and O–H groups in total. The highest BCUT2D eigenvalue weighted by Crippen LogP contribution is 2.34. The fourth-order valence-electron chi connectivity index (χ4n) is 3.23. The van der Waals surface area contributed by atoms with Gasteiger partial charge < -0.3 is 25.0 Å². The van der Waals surface area contributed by atoms with Gasteiger partial charge in [0.15, 0.2) is 11.5 Å². The van der Waals surface area contributed by atoms with Crippen LogP contribution in [0.4, 0.5) is 10.5 Å². The van der Waals surface area contributed by atoms with Gasteiger partial charge >= 0.3 is 6.03 Å². The molecule has 0 unspecified atom stereocenters. The summed E-state index contributed by atoms with van der Waals surface area (Å²) in [6.07, 6.45) is 4.65. The molecule has 140 valence electrons. The molecule has 0 atom stereocenters. The standard InChI is InChI=1S/C19H20N4O4/c24-18(13-3-7-20-8-4-13)23-9-5-14(6-10-23)21-19(25)22-15-1-2-16-17(11-15)27-12-26-16/h1-4,7-8,11,14H,5-6,9-10,12H2,(H2,21,22,25). The summed E-state index contributed by atoms with van der Waals surface area (Å²) in [5.41, 5.74) is 1.28. The zero-order valence-electron chi connectivity index (χ0n) is 14.7. The number of rotatable bonds is 3. The number of pyridine rings is 1. The Morgan fingerprint density at radius 3 is 2.56 bits per heavy atom.